The SMILES string of the molecule is CC(C)c1cc(C(=O)Cl)n(-c2ccccc2)n1. The van der Waals surface area contributed by atoms with Gasteiger partial charge in [-0.25, -0.2) is 4.68 Å². The van der Waals surface area contributed by atoms with Crippen LogP contribution < -0.4 is 0 Å². The van der Waals surface area contributed by atoms with Gasteiger partial charge in [-0.05, 0) is 35.7 Å². The van der Waals surface area contributed by atoms with Crippen molar-refractivity contribution in [1.82, 2.24) is 9.78 Å². The van der Waals surface area contributed by atoms with Crippen LogP contribution in [0.3, 0.4) is 0 Å². The minimum absolute atomic E-state index is 0.259. The lowest BCUT2D eigenvalue weighted by Gasteiger charge is -2.03. The van der Waals surface area contributed by atoms with Gasteiger partial charge in [0.1, 0.15) is 5.69 Å². The van der Waals surface area contributed by atoms with Gasteiger partial charge in [-0.2, -0.15) is 5.10 Å². The molecule has 0 atom stereocenters. The summed E-state index contributed by atoms with van der Waals surface area (Å²) in [4.78, 5) is 11.4. The maximum atomic E-state index is 11.4. The molecule has 0 aliphatic carbocycles. The Kier molecular flexibility index (Phi) is 3.29. The summed E-state index contributed by atoms with van der Waals surface area (Å²) in [5, 5.41) is 3.92. The summed E-state index contributed by atoms with van der Waals surface area (Å²) in [6.07, 6.45) is 0. The molecule has 0 aliphatic rings. The van der Waals surface area contributed by atoms with Gasteiger partial charge in [-0.15, -0.1) is 0 Å². The third kappa shape index (κ3) is 2.39. The maximum absolute atomic E-state index is 11.4. The van der Waals surface area contributed by atoms with Gasteiger partial charge in [0.2, 0.25) is 0 Å². The Hall–Kier alpha value is -1.61. The summed E-state index contributed by atoms with van der Waals surface area (Å²) in [5.41, 5.74) is 2.10. The third-order valence-electron chi connectivity index (χ3n) is 2.52. The number of hydrogen-bond acceptors (Lipinski definition) is 2. The predicted molar refractivity (Wildman–Crippen MR) is 67.8 cm³/mol. The zero-order valence-electron chi connectivity index (χ0n) is 9.72. The van der Waals surface area contributed by atoms with Gasteiger partial charge in [0.15, 0.2) is 0 Å². The molecule has 0 spiro atoms. The summed E-state index contributed by atoms with van der Waals surface area (Å²) in [6, 6.07) is 11.2. The van der Waals surface area contributed by atoms with Gasteiger partial charge in [-0.1, -0.05) is 32.0 Å². The molecule has 0 fully saturated rings. The quantitative estimate of drug-likeness (QED) is 0.781. The first kappa shape index (κ1) is 11.9. The van der Waals surface area contributed by atoms with Gasteiger partial charge >= 0.3 is 0 Å². The number of carbonyl (C=O) groups excluding carboxylic acids is 1. The molecule has 0 amide bonds. The topological polar surface area (TPSA) is 34.9 Å². The highest BCUT2D eigenvalue weighted by Crippen LogP contribution is 2.19. The number of hydrogen-bond donors (Lipinski definition) is 0. The van der Waals surface area contributed by atoms with Crippen LogP contribution in [0, 0.1) is 0 Å². The van der Waals surface area contributed by atoms with Gasteiger partial charge in [-0.3, -0.25) is 4.79 Å². The summed E-state index contributed by atoms with van der Waals surface area (Å²) in [6.45, 7) is 4.06. The second-order valence-corrected chi connectivity index (χ2v) is 4.47. The highest BCUT2D eigenvalue weighted by molar-refractivity contribution is 6.67. The first-order chi connectivity index (χ1) is 8.09. The summed E-state index contributed by atoms with van der Waals surface area (Å²) in [7, 11) is 0. The molecule has 0 N–H and O–H groups in total. The fourth-order valence-electron chi connectivity index (χ4n) is 1.59. The first-order valence-corrected chi connectivity index (χ1v) is 5.82. The van der Waals surface area contributed by atoms with E-state index in [4.69, 9.17) is 11.6 Å². The lowest BCUT2D eigenvalue weighted by molar-refractivity contribution is 0.107. The summed E-state index contributed by atoms with van der Waals surface area (Å²) < 4.78 is 1.59. The number of rotatable bonds is 3. The Labute approximate surface area is 105 Å². The normalized spacial score (nSPS) is 10.8. The van der Waals surface area contributed by atoms with Crippen LogP contribution in [-0.4, -0.2) is 15.0 Å². The molecule has 0 bridgehead atoms. The zero-order valence-corrected chi connectivity index (χ0v) is 10.5. The van der Waals surface area contributed by atoms with E-state index in [9.17, 15) is 4.79 Å². The van der Waals surface area contributed by atoms with Crippen LogP contribution in [0.5, 0.6) is 0 Å². The average Bonchev–Trinajstić information content (AvgIpc) is 2.75. The average molecular weight is 249 g/mol. The molecule has 4 heteroatoms. The van der Waals surface area contributed by atoms with Crippen LogP contribution in [0.15, 0.2) is 36.4 Å². The number of para-hydroxylation sites is 1. The molecule has 2 rings (SSSR count). The van der Waals surface area contributed by atoms with Crippen molar-refractivity contribution in [1.29, 1.82) is 0 Å². The number of benzene rings is 1. The molecule has 0 radical (unpaired) electrons. The van der Waals surface area contributed by atoms with E-state index in [-0.39, 0.29) is 5.92 Å². The van der Waals surface area contributed by atoms with E-state index in [1.807, 2.05) is 44.2 Å². The van der Waals surface area contributed by atoms with Gasteiger partial charge < -0.3 is 0 Å². The van der Waals surface area contributed by atoms with Crippen LogP contribution in [0.25, 0.3) is 5.69 Å². The summed E-state index contributed by atoms with van der Waals surface area (Å²) in [5.74, 6) is 0.259. The number of nitrogens with zero attached hydrogens (tertiary/aromatic N) is 2. The predicted octanol–water partition coefficient (Wildman–Crippen LogP) is 3.37. The van der Waals surface area contributed by atoms with Crippen LogP contribution >= 0.6 is 11.6 Å². The molecule has 88 valence electrons. The van der Waals surface area contributed by atoms with Gasteiger partial charge in [0.05, 0.1) is 11.4 Å². The second-order valence-electron chi connectivity index (χ2n) is 4.13. The molecular weight excluding hydrogens is 236 g/mol. The highest BCUT2D eigenvalue weighted by Gasteiger charge is 2.16. The lowest BCUT2D eigenvalue weighted by Crippen LogP contribution is -2.04. The second kappa shape index (κ2) is 4.72. The monoisotopic (exact) mass is 248 g/mol. The molecule has 17 heavy (non-hydrogen) atoms. The number of halogens is 1. The van der Waals surface area contributed by atoms with Gasteiger partial charge in [0, 0.05) is 0 Å². The summed E-state index contributed by atoms with van der Waals surface area (Å²) >= 11 is 5.58. The zero-order chi connectivity index (χ0) is 12.4. The van der Waals surface area contributed by atoms with E-state index >= 15 is 0 Å². The standard InChI is InChI=1S/C13H13ClN2O/c1-9(2)11-8-12(13(14)17)16(15-11)10-6-4-3-5-7-10/h3-9H,1-2H3. The maximum Gasteiger partial charge on any atom is 0.270 e. The fourth-order valence-corrected chi connectivity index (χ4v) is 1.72. The molecule has 0 saturated carbocycles. The van der Waals surface area contributed by atoms with E-state index in [2.05, 4.69) is 5.10 Å². The molecule has 1 aromatic carbocycles. The van der Waals surface area contributed by atoms with Crippen molar-refractivity contribution in [2.75, 3.05) is 0 Å². The Balaban J connectivity index is 2.56. The van der Waals surface area contributed by atoms with Gasteiger partial charge in [0.25, 0.3) is 5.24 Å². The third-order valence-corrected chi connectivity index (χ3v) is 2.72. The van der Waals surface area contributed by atoms with E-state index in [1.54, 1.807) is 10.7 Å². The largest absolute Gasteiger partial charge is 0.274 e. The smallest absolute Gasteiger partial charge is 0.270 e. The Morgan fingerprint density at radius 2 is 1.94 bits per heavy atom. The molecule has 0 unspecified atom stereocenters. The minimum Gasteiger partial charge on any atom is -0.274 e. The highest BCUT2D eigenvalue weighted by atomic mass is 35.5. The molecule has 0 aliphatic heterocycles. The van der Waals surface area contributed by atoms with E-state index in [0.717, 1.165) is 11.4 Å². The van der Waals surface area contributed by atoms with Crippen molar-refractivity contribution in [2.24, 2.45) is 0 Å². The van der Waals surface area contributed by atoms with Crippen LogP contribution in [0.1, 0.15) is 35.9 Å². The fraction of sp³-hybridized carbons (Fsp3) is 0.231. The van der Waals surface area contributed by atoms with Crippen molar-refractivity contribution < 1.29 is 4.79 Å². The van der Waals surface area contributed by atoms with Crippen LogP contribution in [0.2, 0.25) is 0 Å². The minimum atomic E-state index is -0.492. The van der Waals surface area contributed by atoms with Crippen molar-refractivity contribution in [3.63, 3.8) is 0 Å². The Morgan fingerprint density at radius 3 is 2.47 bits per heavy atom. The van der Waals surface area contributed by atoms with Crippen molar-refractivity contribution in [3.05, 3.63) is 47.8 Å². The molecule has 2 aromatic rings. The van der Waals surface area contributed by atoms with Crippen molar-refractivity contribution >= 4 is 16.8 Å². The van der Waals surface area contributed by atoms with E-state index in [0.29, 0.717) is 5.69 Å². The molecule has 1 heterocycles. The molecular formula is C13H13ClN2O. The number of carbonyl (C=O) groups is 1. The molecule has 1 aromatic heterocycles. The molecule has 3 nitrogen and oxygen atoms in total. The van der Waals surface area contributed by atoms with Crippen molar-refractivity contribution in [2.45, 2.75) is 19.8 Å². The number of aromatic nitrogens is 2. The Bertz CT molecular complexity index is 532. The lowest BCUT2D eigenvalue weighted by atomic mass is 10.1. The van der Waals surface area contributed by atoms with E-state index in [1.165, 1.54) is 0 Å². The first-order valence-electron chi connectivity index (χ1n) is 5.45. The van der Waals surface area contributed by atoms with Crippen molar-refractivity contribution in [3.8, 4) is 5.69 Å². The Morgan fingerprint density at radius 1 is 1.29 bits per heavy atom. The van der Waals surface area contributed by atoms with Crippen LogP contribution in [0.4, 0.5) is 0 Å². The van der Waals surface area contributed by atoms with E-state index < -0.39 is 5.24 Å². The molecule has 0 saturated heterocycles. The van der Waals surface area contributed by atoms with Crippen LogP contribution in [-0.2, 0) is 0 Å².